The first kappa shape index (κ1) is 23.9. The maximum absolute atomic E-state index is 13.3. The van der Waals surface area contributed by atoms with Crippen LogP contribution in [0.25, 0.3) is 22.6 Å². The molecule has 2 aromatic heterocycles. The van der Waals surface area contributed by atoms with E-state index in [0.29, 0.717) is 46.3 Å². The molecular weight excluding hydrogens is 474 g/mol. The number of nitro benzene ring substituents is 1. The van der Waals surface area contributed by atoms with E-state index in [9.17, 15) is 19.7 Å². The third-order valence-corrected chi connectivity index (χ3v) is 6.51. The van der Waals surface area contributed by atoms with Gasteiger partial charge in [-0.15, -0.1) is 0 Å². The molecule has 2 aromatic carbocycles. The molecule has 4 aromatic rings. The summed E-state index contributed by atoms with van der Waals surface area (Å²) < 4.78 is 10.9. The third kappa shape index (κ3) is 4.58. The van der Waals surface area contributed by atoms with Gasteiger partial charge in [-0.25, -0.2) is 9.78 Å². The number of furan rings is 1. The van der Waals surface area contributed by atoms with Crippen molar-refractivity contribution in [2.75, 3.05) is 11.9 Å². The molecule has 0 saturated carbocycles. The van der Waals surface area contributed by atoms with Crippen LogP contribution < -0.4 is 5.32 Å². The van der Waals surface area contributed by atoms with Crippen molar-refractivity contribution in [3.8, 4) is 0 Å². The molecule has 0 fully saturated rings. The molecule has 1 aliphatic carbocycles. The average Bonchev–Trinajstić information content (AvgIpc) is 3.54. The number of ether oxygens (including phenoxy) is 1. The summed E-state index contributed by atoms with van der Waals surface area (Å²) in [7, 11) is 0. The zero-order valence-corrected chi connectivity index (χ0v) is 20.2. The molecule has 0 aliphatic heterocycles. The van der Waals surface area contributed by atoms with Crippen LogP contribution in [0.4, 0.5) is 11.4 Å². The van der Waals surface area contributed by atoms with Gasteiger partial charge in [0.1, 0.15) is 11.4 Å². The van der Waals surface area contributed by atoms with E-state index in [1.54, 1.807) is 38.3 Å². The Balaban J connectivity index is 1.42. The number of allylic oxidation sites excluding steroid dienone is 1. The Morgan fingerprint density at radius 1 is 1.14 bits per heavy atom. The summed E-state index contributed by atoms with van der Waals surface area (Å²) >= 11 is 0. The lowest BCUT2D eigenvalue weighted by molar-refractivity contribution is -0.384. The minimum Gasteiger partial charge on any atom is -0.465 e. The molecule has 1 amide bonds. The van der Waals surface area contributed by atoms with Crippen molar-refractivity contribution >= 4 is 45.8 Å². The quantitative estimate of drug-likeness (QED) is 0.208. The number of amides is 1. The molecule has 0 unspecified atom stereocenters. The van der Waals surface area contributed by atoms with Crippen LogP contribution in [0.2, 0.25) is 0 Å². The molecule has 9 nitrogen and oxygen atoms in total. The van der Waals surface area contributed by atoms with Gasteiger partial charge in [-0.2, -0.15) is 0 Å². The van der Waals surface area contributed by atoms with Crippen LogP contribution in [0.5, 0.6) is 0 Å². The minimum atomic E-state index is -0.668. The second-order valence-electron chi connectivity index (χ2n) is 8.80. The smallest absolute Gasteiger partial charge is 0.339 e. The normalized spacial score (nSPS) is 13.5. The van der Waals surface area contributed by atoms with Crippen LogP contribution in [0.15, 0.2) is 59.2 Å². The van der Waals surface area contributed by atoms with E-state index in [2.05, 4.69) is 5.32 Å². The first-order valence-corrected chi connectivity index (χ1v) is 11.7. The number of carbonyl (C=O) groups excluding carboxylic acids is 2. The largest absolute Gasteiger partial charge is 0.465 e. The van der Waals surface area contributed by atoms with E-state index in [4.69, 9.17) is 14.1 Å². The maximum Gasteiger partial charge on any atom is 0.339 e. The van der Waals surface area contributed by atoms with E-state index >= 15 is 0 Å². The highest BCUT2D eigenvalue weighted by Gasteiger charge is 2.28. The number of hydrogen-bond acceptors (Lipinski definition) is 7. The number of nitro groups is 1. The highest BCUT2D eigenvalue weighted by molar-refractivity contribution is 6.08. The van der Waals surface area contributed by atoms with Crippen molar-refractivity contribution in [3.05, 3.63) is 98.6 Å². The van der Waals surface area contributed by atoms with Gasteiger partial charge in [-0.1, -0.05) is 24.3 Å². The molecule has 0 spiro atoms. The number of benzene rings is 2. The van der Waals surface area contributed by atoms with Gasteiger partial charge in [0.2, 0.25) is 0 Å². The number of carbonyl (C=O) groups is 2. The predicted molar refractivity (Wildman–Crippen MR) is 138 cm³/mol. The number of rotatable bonds is 6. The van der Waals surface area contributed by atoms with Gasteiger partial charge in [0.05, 0.1) is 28.0 Å². The molecule has 0 radical (unpaired) electrons. The Morgan fingerprint density at radius 3 is 2.70 bits per heavy atom. The Kier molecular flexibility index (Phi) is 6.27. The van der Waals surface area contributed by atoms with E-state index in [0.717, 1.165) is 16.7 Å². The fourth-order valence-electron chi connectivity index (χ4n) is 4.55. The summed E-state index contributed by atoms with van der Waals surface area (Å²) in [5.74, 6) is -0.627. The lowest BCUT2D eigenvalue weighted by atomic mass is 10.0. The number of anilines is 1. The molecule has 1 aliphatic rings. The molecule has 37 heavy (non-hydrogen) atoms. The van der Waals surface area contributed by atoms with Crippen LogP contribution >= 0.6 is 0 Å². The van der Waals surface area contributed by atoms with Crippen LogP contribution in [-0.2, 0) is 16.0 Å². The summed E-state index contributed by atoms with van der Waals surface area (Å²) in [6.07, 6.45) is 4.77. The summed E-state index contributed by atoms with van der Waals surface area (Å²) in [4.78, 5) is 41.7. The molecule has 0 bridgehead atoms. The van der Waals surface area contributed by atoms with Crippen molar-refractivity contribution in [3.63, 3.8) is 0 Å². The Hall–Kier alpha value is -4.79. The van der Waals surface area contributed by atoms with Crippen LogP contribution in [0.1, 0.15) is 44.9 Å². The fourth-order valence-corrected chi connectivity index (χ4v) is 4.55. The molecule has 5 rings (SSSR count). The van der Waals surface area contributed by atoms with Crippen LogP contribution in [-0.4, -0.2) is 28.4 Å². The highest BCUT2D eigenvalue weighted by Crippen LogP contribution is 2.38. The van der Waals surface area contributed by atoms with Gasteiger partial charge in [0.25, 0.3) is 11.6 Å². The third-order valence-electron chi connectivity index (χ3n) is 6.51. The summed E-state index contributed by atoms with van der Waals surface area (Å²) in [6, 6.07) is 13.9. The number of aromatic nitrogens is 1. The summed E-state index contributed by atoms with van der Waals surface area (Å²) in [6.45, 7) is 2.88. The van der Waals surface area contributed by atoms with Crippen molar-refractivity contribution in [2.24, 2.45) is 0 Å². The average molecular weight is 498 g/mol. The zero-order chi connectivity index (χ0) is 26.1. The number of nitrogens with zero attached hydrogens (tertiary/aromatic N) is 2. The van der Waals surface area contributed by atoms with Crippen LogP contribution in [0.3, 0.4) is 0 Å². The SMILES string of the molecule is Cc1ccc([N+](=O)[O-])c(NC(=O)COC(=O)c2c3c(nc4ccccc24)/C(=C/c2ccco2)CC3)c1C. The van der Waals surface area contributed by atoms with Gasteiger partial charge in [0.15, 0.2) is 6.61 Å². The highest BCUT2D eigenvalue weighted by atomic mass is 16.6. The van der Waals surface area contributed by atoms with Gasteiger partial charge in [-0.3, -0.25) is 14.9 Å². The second kappa shape index (κ2) is 9.69. The zero-order valence-electron chi connectivity index (χ0n) is 20.2. The molecular formula is C28H23N3O6. The number of nitrogens with one attached hydrogen (secondary N) is 1. The molecule has 9 heteroatoms. The number of esters is 1. The topological polar surface area (TPSA) is 125 Å². The minimum absolute atomic E-state index is 0.0917. The second-order valence-corrected chi connectivity index (χ2v) is 8.80. The molecule has 186 valence electrons. The van der Waals surface area contributed by atoms with Gasteiger partial charge in [-0.05, 0) is 73.2 Å². The number of pyridine rings is 1. The van der Waals surface area contributed by atoms with Crippen molar-refractivity contribution in [1.29, 1.82) is 0 Å². The van der Waals surface area contributed by atoms with Crippen LogP contribution in [0, 0.1) is 24.0 Å². The van der Waals surface area contributed by atoms with Crippen molar-refractivity contribution in [1.82, 2.24) is 4.98 Å². The molecule has 2 heterocycles. The molecule has 0 atom stereocenters. The van der Waals surface area contributed by atoms with Gasteiger partial charge >= 0.3 is 5.97 Å². The lowest BCUT2D eigenvalue weighted by Crippen LogP contribution is -2.22. The standard InChI is InChI=1S/C28H23N3O6/c1-16-9-12-23(31(34)35)26(17(16)2)30-24(32)15-37-28(33)25-20-7-3-4-8-22(20)29-27-18(10-11-21(25)27)14-19-6-5-13-36-19/h3-9,12-14H,10-11,15H2,1-2H3,(H,30,32)/b18-14+. The van der Waals surface area contributed by atoms with E-state index in [-0.39, 0.29) is 11.4 Å². The number of aryl methyl sites for hydroxylation is 1. The Morgan fingerprint density at radius 2 is 1.95 bits per heavy atom. The van der Waals surface area contributed by atoms with Crippen molar-refractivity contribution in [2.45, 2.75) is 26.7 Å². The number of fused-ring (bicyclic) bond motifs is 2. The van der Waals surface area contributed by atoms with Gasteiger partial charge < -0.3 is 14.5 Å². The number of hydrogen-bond donors (Lipinski definition) is 1. The summed E-state index contributed by atoms with van der Waals surface area (Å²) in [5.41, 5.74) is 4.64. The van der Waals surface area contributed by atoms with Gasteiger partial charge in [0, 0.05) is 11.5 Å². The molecule has 0 saturated heterocycles. The Labute approximate surface area is 211 Å². The van der Waals surface area contributed by atoms with E-state index < -0.39 is 23.4 Å². The first-order chi connectivity index (χ1) is 17.8. The fraction of sp³-hybridized carbons (Fsp3) is 0.179. The molecule has 1 N–H and O–H groups in total. The monoisotopic (exact) mass is 497 g/mol. The van der Waals surface area contributed by atoms with E-state index in [1.165, 1.54) is 6.07 Å². The summed E-state index contributed by atoms with van der Waals surface area (Å²) in [5, 5.41) is 14.6. The first-order valence-electron chi connectivity index (χ1n) is 11.7. The maximum atomic E-state index is 13.3. The number of para-hydroxylation sites is 1. The predicted octanol–water partition coefficient (Wildman–Crippen LogP) is 5.64. The lowest BCUT2D eigenvalue weighted by Gasteiger charge is -2.13. The van der Waals surface area contributed by atoms with Crippen molar-refractivity contribution < 1.29 is 23.7 Å². The Bertz CT molecular complexity index is 1590. The van der Waals surface area contributed by atoms with E-state index in [1.807, 2.05) is 30.3 Å².